The van der Waals surface area contributed by atoms with E-state index in [0.717, 1.165) is 124 Å². The molecule has 6 aromatic carbocycles. The molecule has 0 saturated carbocycles. The molecule has 484 valence electrons. The van der Waals surface area contributed by atoms with Crippen molar-refractivity contribution in [3.05, 3.63) is 217 Å². The number of pyridine rings is 2. The average molecular weight is 1250 g/mol. The fraction of sp³-hybridized carbons (Fsp3) is 0.395. The molecule has 8 aromatic rings. The Labute approximate surface area is 543 Å². The van der Waals surface area contributed by atoms with E-state index in [0.29, 0.717) is 58.2 Å². The van der Waals surface area contributed by atoms with E-state index in [1.54, 1.807) is 22.2 Å². The second-order valence-electron chi connectivity index (χ2n) is 24.1. The summed E-state index contributed by atoms with van der Waals surface area (Å²) in [7, 11) is 0. The summed E-state index contributed by atoms with van der Waals surface area (Å²) in [5.74, 6) is 1.04. The van der Waals surface area contributed by atoms with Gasteiger partial charge in [-0.25, -0.2) is 0 Å². The summed E-state index contributed by atoms with van der Waals surface area (Å²) in [4.78, 5) is 65.4. The van der Waals surface area contributed by atoms with Gasteiger partial charge < -0.3 is 45.1 Å². The number of β-amino-alcohol motifs (C(OH)–C–C–N with tert-alkyl or cyclic N) is 1. The van der Waals surface area contributed by atoms with Gasteiger partial charge in [-0.1, -0.05) is 133 Å². The van der Waals surface area contributed by atoms with Crippen LogP contribution in [0.25, 0.3) is 21.8 Å². The summed E-state index contributed by atoms with van der Waals surface area (Å²) in [6.45, 7) is 7.41. The zero-order valence-electron chi connectivity index (χ0n) is 53.2. The lowest BCUT2D eigenvalue weighted by Gasteiger charge is -2.35. The quantitative estimate of drug-likeness (QED) is 0.0247. The maximum Gasteiger partial charge on any atom is 0.232 e. The number of aromatic nitrogens is 2. The smallest absolute Gasteiger partial charge is 0.232 e. The van der Waals surface area contributed by atoms with Crippen molar-refractivity contribution in [1.82, 2.24) is 40.6 Å². The molecular formula is C76H92N8O8. The predicted molar refractivity (Wildman–Crippen MR) is 363 cm³/mol. The van der Waals surface area contributed by atoms with Gasteiger partial charge in [0, 0.05) is 94.2 Å². The minimum absolute atomic E-state index is 0.0402. The Morgan fingerprint density at radius 1 is 0.500 bits per heavy atom. The minimum atomic E-state index is -0.666. The molecule has 16 nitrogen and oxygen atoms in total. The number of carbonyl (C=O) groups is 4. The Balaban J connectivity index is 0.000000185. The molecule has 0 unspecified atom stereocenters. The van der Waals surface area contributed by atoms with E-state index in [9.17, 15) is 24.3 Å². The molecule has 3 fully saturated rings. The number of rotatable bonds is 30. The maximum atomic E-state index is 13.1. The van der Waals surface area contributed by atoms with Crippen LogP contribution in [0.1, 0.15) is 86.5 Å². The normalized spacial score (nSPS) is 15.0. The first-order chi connectivity index (χ1) is 45.2. The molecule has 92 heavy (non-hydrogen) atoms. The zero-order valence-corrected chi connectivity index (χ0v) is 53.2. The zero-order chi connectivity index (χ0) is 63.8. The number of hydrogen-bond donors (Lipinski definition) is 4. The highest BCUT2D eigenvalue weighted by atomic mass is 16.6. The standard InChI is InChI=1S/C38H46N4O4.C26H35N3O2.C12H11NO2/c43-33(29-46-36-21-9-20-35-34(36)19-10-22-39-35)28-41-23-25-42(26-24-41)38(45)27-37(44)40-32(17-7-15-30-11-3-1-4-12-30)18-8-16-31-13-5-2-6-14-31;30-25(21-26(31)29-19-17-27-18-20-29)28-24(15-7-13-22-9-3-1-4-10-22)16-8-14-23-11-5-2-6-12-23;1-4-11-10(3-2-6-13-11)12(5-1)15-8-9-7-14-9/h1-6,9-14,19-22,32-33,43H,7-8,15-18,23-29H2,(H,40,44);1-6,9-12,24,27H,7-8,13-21H2,(H,28,30);1-6,9H,7-8H2/t33-;;9-/m1.0/s1. The summed E-state index contributed by atoms with van der Waals surface area (Å²) in [5, 5.41) is 22.2. The van der Waals surface area contributed by atoms with Gasteiger partial charge in [0.1, 0.15) is 49.8 Å². The van der Waals surface area contributed by atoms with Gasteiger partial charge in [0.2, 0.25) is 23.6 Å². The Kier molecular flexibility index (Phi) is 27.8. The lowest BCUT2D eigenvalue weighted by Crippen LogP contribution is -2.51. The number of piperazine rings is 2. The second-order valence-corrected chi connectivity index (χ2v) is 24.1. The third-order valence-corrected chi connectivity index (χ3v) is 16.9. The lowest BCUT2D eigenvalue weighted by molar-refractivity contribution is -0.139. The number of fused-ring (bicyclic) bond motifs is 2. The summed E-state index contributed by atoms with van der Waals surface area (Å²) >= 11 is 0. The van der Waals surface area contributed by atoms with Crippen LogP contribution >= 0.6 is 0 Å². The second kappa shape index (κ2) is 37.7. The van der Waals surface area contributed by atoms with Gasteiger partial charge in [0.15, 0.2) is 0 Å². The summed E-state index contributed by atoms with van der Waals surface area (Å²) in [6.07, 6.45) is 14.5. The summed E-state index contributed by atoms with van der Waals surface area (Å²) in [6, 6.07) is 61.3. The topological polar surface area (TPSA) is 191 Å². The number of hydrogen-bond acceptors (Lipinski definition) is 12. The van der Waals surface area contributed by atoms with Crippen molar-refractivity contribution in [2.24, 2.45) is 0 Å². The molecule has 5 heterocycles. The number of aliphatic hydroxyl groups is 1. The third-order valence-electron chi connectivity index (χ3n) is 16.9. The summed E-state index contributed by atoms with van der Waals surface area (Å²) < 4.78 is 16.7. The van der Waals surface area contributed by atoms with Crippen LogP contribution in [-0.2, 0) is 49.6 Å². The highest BCUT2D eigenvalue weighted by Gasteiger charge is 2.27. The van der Waals surface area contributed by atoms with Crippen molar-refractivity contribution in [3.8, 4) is 11.5 Å². The molecule has 2 aromatic heterocycles. The van der Waals surface area contributed by atoms with Crippen LogP contribution < -0.4 is 25.4 Å². The van der Waals surface area contributed by atoms with Crippen LogP contribution in [-0.4, -0.2) is 156 Å². The Hall–Kier alpha value is -8.54. The van der Waals surface area contributed by atoms with Crippen LogP contribution in [0.15, 0.2) is 194 Å². The van der Waals surface area contributed by atoms with E-state index < -0.39 is 6.10 Å². The number of ether oxygens (including phenoxy) is 3. The monoisotopic (exact) mass is 1240 g/mol. The van der Waals surface area contributed by atoms with Crippen LogP contribution in [0.2, 0.25) is 0 Å². The van der Waals surface area contributed by atoms with Crippen LogP contribution in [0.3, 0.4) is 0 Å². The van der Waals surface area contributed by atoms with E-state index in [1.807, 2.05) is 84.9 Å². The van der Waals surface area contributed by atoms with Crippen molar-refractivity contribution in [2.75, 3.05) is 78.7 Å². The third kappa shape index (κ3) is 23.9. The van der Waals surface area contributed by atoms with E-state index in [4.69, 9.17) is 14.2 Å². The number of amides is 4. The minimum Gasteiger partial charge on any atom is -0.490 e. The molecular weight excluding hydrogens is 1150 g/mol. The average Bonchev–Trinajstić information content (AvgIpc) is 1.95. The van der Waals surface area contributed by atoms with Gasteiger partial charge in [-0.3, -0.25) is 34.0 Å². The molecule has 4 N–H and O–H groups in total. The highest BCUT2D eigenvalue weighted by Crippen LogP contribution is 2.26. The Morgan fingerprint density at radius 3 is 1.32 bits per heavy atom. The molecule has 0 bridgehead atoms. The SMILES string of the molecule is O=C(CC(=O)N1CCN(C[C@@H](O)COc2cccc3ncccc23)CC1)NC(CCCc1ccccc1)CCCc1ccccc1.O=C(CC(=O)N1CCNCC1)NC(CCCc1ccccc1)CCCc1ccccc1.c1cc(OC[C@@H]2CO2)c2cccnc2c1. The van der Waals surface area contributed by atoms with Crippen LogP contribution in [0.5, 0.6) is 11.5 Å². The van der Waals surface area contributed by atoms with Gasteiger partial charge in [-0.15, -0.1) is 0 Å². The number of epoxide rings is 1. The Bertz CT molecular complexity index is 3360. The number of nitrogens with one attached hydrogen (secondary N) is 3. The number of benzene rings is 6. The van der Waals surface area contributed by atoms with Gasteiger partial charge in [0.05, 0.1) is 17.6 Å². The Morgan fingerprint density at radius 2 is 0.902 bits per heavy atom. The van der Waals surface area contributed by atoms with Gasteiger partial charge >= 0.3 is 0 Å². The number of aliphatic hydroxyl groups excluding tert-OH is 1. The number of carbonyl (C=O) groups excluding carboxylic acids is 4. The van der Waals surface area contributed by atoms with E-state index >= 15 is 0 Å². The first-order valence-electron chi connectivity index (χ1n) is 33.1. The first kappa shape index (κ1) is 67.8. The van der Waals surface area contributed by atoms with E-state index in [1.165, 1.54) is 22.3 Å². The van der Waals surface area contributed by atoms with Crippen LogP contribution in [0, 0.1) is 0 Å². The van der Waals surface area contributed by atoms with Gasteiger partial charge in [-0.05, 0) is 148 Å². The molecule has 0 aliphatic carbocycles. The fourth-order valence-electron chi connectivity index (χ4n) is 11.8. The fourth-order valence-corrected chi connectivity index (χ4v) is 11.8. The molecule has 3 saturated heterocycles. The van der Waals surface area contributed by atoms with Crippen molar-refractivity contribution < 1.29 is 38.5 Å². The number of aryl methyl sites for hydroxylation is 4. The molecule has 0 radical (unpaired) electrons. The largest absolute Gasteiger partial charge is 0.490 e. The lowest BCUT2D eigenvalue weighted by atomic mass is 9.99. The number of nitrogens with zero attached hydrogens (tertiary/aromatic N) is 5. The van der Waals surface area contributed by atoms with E-state index in [2.05, 4.69) is 128 Å². The van der Waals surface area contributed by atoms with Crippen molar-refractivity contribution >= 4 is 45.4 Å². The molecule has 16 heteroatoms. The van der Waals surface area contributed by atoms with E-state index in [-0.39, 0.29) is 61.3 Å². The first-order valence-corrected chi connectivity index (χ1v) is 33.1. The van der Waals surface area contributed by atoms with Gasteiger partial charge in [-0.2, -0.15) is 0 Å². The highest BCUT2D eigenvalue weighted by molar-refractivity contribution is 5.97. The summed E-state index contributed by atoms with van der Waals surface area (Å²) in [5.41, 5.74) is 7.07. The van der Waals surface area contributed by atoms with Crippen molar-refractivity contribution in [3.63, 3.8) is 0 Å². The molecule has 0 spiro atoms. The van der Waals surface area contributed by atoms with Crippen LogP contribution in [0.4, 0.5) is 0 Å². The van der Waals surface area contributed by atoms with Crippen molar-refractivity contribution in [1.29, 1.82) is 0 Å². The molecule has 3 aliphatic rings. The molecule has 4 amide bonds. The molecule has 3 aliphatic heterocycles. The predicted octanol–water partition coefficient (Wildman–Crippen LogP) is 10.4. The maximum absolute atomic E-state index is 13.1. The molecule has 11 rings (SSSR count). The van der Waals surface area contributed by atoms with Gasteiger partial charge in [0.25, 0.3) is 0 Å². The molecule has 2 atom stereocenters. The van der Waals surface area contributed by atoms with Crippen molar-refractivity contribution in [2.45, 2.75) is 114 Å².